The maximum absolute atomic E-state index is 12.4. The van der Waals surface area contributed by atoms with E-state index in [0.717, 1.165) is 10.3 Å². The second-order valence-corrected chi connectivity index (χ2v) is 6.87. The van der Waals surface area contributed by atoms with Crippen LogP contribution in [0.1, 0.15) is 12.5 Å². The molecule has 118 valence electrons. The van der Waals surface area contributed by atoms with E-state index in [1.165, 1.54) is 17.1 Å². The molecule has 3 aromatic carbocycles. The molecule has 0 heterocycles. The lowest BCUT2D eigenvalue weighted by atomic mass is 10.1. The molecular formula is C20H16N2OS. The van der Waals surface area contributed by atoms with Crippen molar-refractivity contribution in [1.29, 1.82) is 5.26 Å². The van der Waals surface area contributed by atoms with Gasteiger partial charge < -0.3 is 5.32 Å². The highest BCUT2D eigenvalue weighted by Gasteiger charge is 2.15. The Hall–Kier alpha value is -2.77. The monoisotopic (exact) mass is 332 g/mol. The Morgan fingerprint density at radius 2 is 1.83 bits per heavy atom. The highest BCUT2D eigenvalue weighted by molar-refractivity contribution is 8.00. The van der Waals surface area contributed by atoms with E-state index in [-0.39, 0.29) is 11.2 Å². The van der Waals surface area contributed by atoms with Crippen molar-refractivity contribution in [2.75, 3.05) is 5.32 Å². The van der Waals surface area contributed by atoms with Crippen molar-refractivity contribution in [3.63, 3.8) is 0 Å². The Balaban J connectivity index is 1.69. The fraction of sp³-hybridized carbons (Fsp3) is 0.100. The lowest BCUT2D eigenvalue weighted by Gasteiger charge is -2.12. The molecule has 0 saturated carbocycles. The van der Waals surface area contributed by atoms with Crippen molar-refractivity contribution >= 4 is 34.1 Å². The molecule has 0 saturated heterocycles. The molecule has 24 heavy (non-hydrogen) atoms. The third-order valence-corrected chi connectivity index (χ3v) is 4.76. The van der Waals surface area contributed by atoms with Gasteiger partial charge in [-0.05, 0) is 48.0 Å². The highest BCUT2D eigenvalue weighted by atomic mass is 32.2. The lowest BCUT2D eigenvalue weighted by Crippen LogP contribution is -2.22. The molecule has 1 N–H and O–H groups in total. The van der Waals surface area contributed by atoms with Crippen LogP contribution in [-0.2, 0) is 4.79 Å². The summed E-state index contributed by atoms with van der Waals surface area (Å²) in [6, 6.07) is 23.4. The van der Waals surface area contributed by atoms with E-state index >= 15 is 0 Å². The third-order valence-electron chi connectivity index (χ3n) is 3.66. The van der Waals surface area contributed by atoms with Crippen LogP contribution >= 0.6 is 11.8 Å². The summed E-state index contributed by atoms with van der Waals surface area (Å²) in [4.78, 5) is 13.4. The van der Waals surface area contributed by atoms with Crippen LogP contribution < -0.4 is 5.32 Å². The third kappa shape index (κ3) is 3.76. The number of rotatable bonds is 4. The Labute approximate surface area is 145 Å². The summed E-state index contributed by atoms with van der Waals surface area (Å²) in [5.41, 5.74) is 1.17. The number of hydrogen-bond acceptors (Lipinski definition) is 3. The molecule has 3 aromatic rings. The molecule has 1 atom stereocenters. The van der Waals surface area contributed by atoms with Crippen molar-refractivity contribution < 1.29 is 4.79 Å². The standard InChI is InChI=1S/C20H16N2OS/c1-14(20(23)22-18-8-4-5-15(11-18)13-21)24-19-10-9-16-6-2-3-7-17(16)12-19/h2-12,14H,1H3,(H,22,23)/t14-/m0/s1. The molecule has 0 unspecified atom stereocenters. The van der Waals surface area contributed by atoms with E-state index < -0.39 is 0 Å². The fourth-order valence-corrected chi connectivity index (χ4v) is 3.32. The van der Waals surface area contributed by atoms with Gasteiger partial charge in [-0.15, -0.1) is 11.8 Å². The molecule has 0 fully saturated rings. The van der Waals surface area contributed by atoms with Gasteiger partial charge in [0, 0.05) is 10.6 Å². The largest absolute Gasteiger partial charge is 0.325 e. The summed E-state index contributed by atoms with van der Waals surface area (Å²) in [6.45, 7) is 1.88. The lowest BCUT2D eigenvalue weighted by molar-refractivity contribution is -0.115. The Morgan fingerprint density at radius 3 is 2.62 bits per heavy atom. The molecule has 0 aliphatic heterocycles. The smallest absolute Gasteiger partial charge is 0.237 e. The van der Waals surface area contributed by atoms with Gasteiger partial charge in [0.15, 0.2) is 0 Å². The zero-order chi connectivity index (χ0) is 16.9. The van der Waals surface area contributed by atoms with Gasteiger partial charge in [0.1, 0.15) is 0 Å². The van der Waals surface area contributed by atoms with Gasteiger partial charge in [-0.25, -0.2) is 0 Å². The first-order chi connectivity index (χ1) is 11.7. The van der Waals surface area contributed by atoms with Gasteiger partial charge in [-0.3, -0.25) is 4.79 Å². The van der Waals surface area contributed by atoms with Gasteiger partial charge in [-0.1, -0.05) is 36.4 Å². The zero-order valence-electron chi connectivity index (χ0n) is 13.2. The molecule has 0 aromatic heterocycles. The Kier molecular flexibility index (Phi) is 4.83. The topological polar surface area (TPSA) is 52.9 Å². The Bertz CT molecular complexity index is 930. The summed E-state index contributed by atoms with van der Waals surface area (Å²) < 4.78 is 0. The molecule has 0 radical (unpaired) electrons. The number of anilines is 1. The van der Waals surface area contributed by atoms with Gasteiger partial charge in [0.05, 0.1) is 16.9 Å². The van der Waals surface area contributed by atoms with Crippen LogP contribution in [0.25, 0.3) is 10.8 Å². The minimum atomic E-state index is -0.239. The van der Waals surface area contributed by atoms with E-state index in [9.17, 15) is 4.79 Å². The first kappa shape index (κ1) is 16.1. The van der Waals surface area contributed by atoms with Gasteiger partial charge in [0.25, 0.3) is 0 Å². The quantitative estimate of drug-likeness (QED) is 0.696. The second kappa shape index (κ2) is 7.20. The number of fused-ring (bicyclic) bond motifs is 1. The first-order valence-corrected chi connectivity index (χ1v) is 8.50. The number of nitrogens with zero attached hydrogens (tertiary/aromatic N) is 1. The number of carbonyl (C=O) groups excluding carboxylic acids is 1. The predicted molar refractivity (Wildman–Crippen MR) is 99.1 cm³/mol. The first-order valence-electron chi connectivity index (χ1n) is 7.62. The molecule has 0 bridgehead atoms. The van der Waals surface area contributed by atoms with Crippen molar-refractivity contribution in [3.8, 4) is 6.07 Å². The van der Waals surface area contributed by atoms with Crippen LogP contribution in [0, 0.1) is 11.3 Å². The number of nitriles is 1. The Morgan fingerprint density at radius 1 is 1.04 bits per heavy atom. The fourth-order valence-electron chi connectivity index (χ4n) is 2.41. The number of nitrogens with one attached hydrogen (secondary N) is 1. The number of benzene rings is 3. The van der Waals surface area contributed by atoms with Gasteiger partial charge in [-0.2, -0.15) is 5.26 Å². The van der Waals surface area contributed by atoms with E-state index in [0.29, 0.717) is 11.3 Å². The normalized spacial score (nSPS) is 11.7. The summed E-state index contributed by atoms with van der Waals surface area (Å²) in [5, 5.41) is 13.9. The average Bonchev–Trinajstić information content (AvgIpc) is 2.61. The van der Waals surface area contributed by atoms with E-state index in [1.807, 2.05) is 25.1 Å². The summed E-state index contributed by atoms with van der Waals surface area (Å²) in [5.74, 6) is -0.0803. The van der Waals surface area contributed by atoms with Crippen LogP contribution in [0.2, 0.25) is 0 Å². The number of hydrogen-bond donors (Lipinski definition) is 1. The maximum Gasteiger partial charge on any atom is 0.237 e. The van der Waals surface area contributed by atoms with E-state index in [4.69, 9.17) is 5.26 Å². The van der Waals surface area contributed by atoms with Crippen molar-refractivity contribution in [1.82, 2.24) is 0 Å². The van der Waals surface area contributed by atoms with Crippen LogP contribution in [0.5, 0.6) is 0 Å². The van der Waals surface area contributed by atoms with Crippen molar-refractivity contribution in [2.45, 2.75) is 17.1 Å². The average molecular weight is 332 g/mol. The summed E-state index contributed by atoms with van der Waals surface area (Å²) in [6.07, 6.45) is 0. The van der Waals surface area contributed by atoms with Gasteiger partial charge >= 0.3 is 0 Å². The summed E-state index contributed by atoms with van der Waals surface area (Å²) in [7, 11) is 0. The molecule has 0 aliphatic rings. The molecule has 4 heteroatoms. The predicted octanol–water partition coefficient (Wildman–Crippen LogP) is 4.83. The van der Waals surface area contributed by atoms with Crippen LogP contribution in [0.15, 0.2) is 71.6 Å². The molecule has 0 spiro atoms. The second-order valence-electron chi connectivity index (χ2n) is 5.45. The van der Waals surface area contributed by atoms with E-state index in [2.05, 4.69) is 35.7 Å². The molecule has 1 amide bonds. The van der Waals surface area contributed by atoms with Crippen molar-refractivity contribution in [3.05, 3.63) is 72.3 Å². The van der Waals surface area contributed by atoms with Crippen molar-refractivity contribution in [2.24, 2.45) is 0 Å². The van der Waals surface area contributed by atoms with E-state index in [1.54, 1.807) is 24.3 Å². The number of amides is 1. The SMILES string of the molecule is C[C@H](Sc1ccc2ccccc2c1)C(=O)Nc1cccc(C#N)c1. The maximum atomic E-state index is 12.4. The minimum Gasteiger partial charge on any atom is -0.325 e. The molecule has 3 rings (SSSR count). The number of carbonyl (C=O) groups is 1. The van der Waals surface area contributed by atoms with Crippen LogP contribution in [-0.4, -0.2) is 11.2 Å². The zero-order valence-corrected chi connectivity index (χ0v) is 14.0. The molecule has 0 aliphatic carbocycles. The minimum absolute atomic E-state index is 0.0803. The van der Waals surface area contributed by atoms with Crippen LogP contribution in [0.4, 0.5) is 5.69 Å². The number of thioether (sulfide) groups is 1. The highest BCUT2D eigenvalue weighted by Crippen LogP contribution is 2.27. The molecule has 3 nitrogen and oxygen atoms in total. The van der Waals surface area contributed by atoms with Crippen LogP contribution in [0.3, 0.4) is 0 Å². The molecular weight excluding hydrogens is 316 g/mol. The van der Waals surface area contributed by atoms with Gasteiger partial charge in [0.2, 0.25) is 5.91 Å². The summed E-state index contributed by atoms with van der Waals surface area (Å²) >= 11 is 1.52.